The molecule has 0 aliphatic carbocycles. The minimum absolute atomic E-state index is 0.0116. The van der Waals surface area contributed by atoms with Gasteiger partial charge in [-0.2, -0.15) is 0 Å². The van der Waals surface area contributed by atoms with Gasteiger partial charge in [0.05, 0.1) is 18.7 Å². The van der Waals surface area contributed by atoms with Crippen LogP contribution in [-0.2, 0) is 25.5 Å². The first-order valence-corrected chi connectivity index (χ1v) is 13.1. The Labute approximate surface area is 223 Å². The van der Waals surface area contributed by atoms with Crippen molar-refractivity contribution in [1.82, 2.24) is 20.2 Å². The number of nitrogens with one attached hydrogen (secondary N) is 2. The summed E-state index contributed by atoms with van der Waals surface area (Å²) in [5.74, 6) is -1.31. The summed E-state index contributed by atoms with van der Waals surface area (Å²) in [5, 5.41) is 13.0. The van der Waals surface area contributed by atoms with E-state index in [2.05, 4.69) is 15.3 Å². The van der Waals surface area contributed by atoms with Crippen molar-refractivity contribution in [2.75, 3.05) is 13.1 Å². The van der Waals surface area contributed by atoms with Crippen LogP contribution < -0.4 is 5.32 Å². The Morgan fingerprint density at radius 2 is 1.95 bits per heavy atom. The van der Waals surface area contributed by atoms with Gasteiger partial charge < -0.3 is 25.0 Å². The third kappa shape index (κ3) is 7.98. The van der Waals surface area contributed by atoms with Crippen LogP contribution in [0.2, 0.25) is 0 Å². The van der Waals surface area contributed by atoms with E-state index in [9.17, 15) is 24.3 Å². The Bertz CT molecular complexity index is 1120. The maximum absolute atomic E-state index is 13.2. The van der Waals surface area contributed by atoms with Crippen molar-refractivity contribution in [3.63, 3.8) is 0 Å². The van der Waals surface area contributed by atoms with Gasteiger partial charge in [-0.25, -0.2) is 9.78 Å². The van der Waals surface area contributed by atoms with E-state index in [0.717, 1.165) is 5.57 Å². The molecule has 4 atom stereocenters. The summed E-state index contributed by atoms with van der Waals surface area (Å²) in [6.07, 6.45) is 9.10. The van der Waals surface area contributed by atoms with Crippen LogP contribution in [0.5, 0.6) is 0 Å². The quantitative estimate of drug-likeness (QED) is 0.477. The third-order valence-electron chi connectivity index (χ3n) is 6.65. The van der Waals surface area contributed by atoms with E-state index < -0.39 is 24.2 Å². The van der Waals surface area contributed by atoms with Crippen molar-refractivity contribution >= 4 is 23.6 Å². The molecule has 2 aliphatic heterocycles. The molecule has 1 fully saturated rings. The van der Waals surface area contributed by atoms with E-state index in [1.54, 1.807) is 31.2 Å². The zero-order valence-corrected chi connectivity index (χ0v) is 22.5. The number of aliphatic hydroxyl groups is 1. The van der Waals surface area contributed by atoms with E-state index in [1.807, 2.05) is 20.8 Å². The minimum atomic E-state index is -0.978. The highest BCUT2D eigenvalue weighted by Gasteiger charge is 2.38. The maximum atomic E-state index is 13.2. The van der Waals surface area contributed by atoms with Crippen LogP contribution in [-0.4, -0.2) is 74.9 Å². The third-order valence-corrected chi connectivity index (χ3v) is 6.65. The van der Waals surface area contributed by atoms with Gasteiger partial charge in [-0.05, 0) is 31.8 Å². The van der Waals surface area contributed by atoms with E-state index >= 15 is 0 Å². The second kappa shape index (κ2) is 13.3. The number of carbonyl (C=O) groups excluding carboxylic acids is 4. The Hall–Kier alpha value is -3.53. The van der Waals surface area contributed by atoms with Crippen LogP contribution in [0.4, 0.5) is 0 Å². The molecule has 0 aromatic carbocycles. The Balaban J connectivity index is 1.85. The number of ether oxygens (including phenoxy) is 1. The number of carbonyl (C=O) groups is 4. The monoisotopic (exact) mass is 526 g/mol. The molecule has 2 aliphatic rings. The molecule has 10 nitrogen and oxygen atoms in total. The van der Waals surface area contributed by atoms with Gasteiger partial charge in [-0.15, -0.1) is 0 Å². The molecule has 206 valence electrons. The molecule has 0 radical (unpaired) electrons. The molecule has 0 unspecified atom stereocenters. The largest absolute Gasteiger partial charge is 0.460 e. The average Bonchev–Trinajstić information content (AvgIpc) is 3.52. The predicted octanol–water partition coefficient (Wildman–Crippen LogP) is 2.27. The molecule has 1 aromatic heterocycles. The summed E-state index contributed by atoms with van der Waals surface area (Å²) < 4.78 is 5.89. The first-order chi connectivity index (χ1) is 18.0. The minimum Gasteiger partial charge on any atom is -0.460 e. The van der Waals surface area contributed by atoms with Crippen molar-refractivity contribution in [2.24, 2.45) is 11.8 Å². The molecule has 3 heterocycles. The highest BCUT2D eigenvalue weighted by Crippen LogP contribution is 2.25. The number of H-pyrrole nitrogens is 1. The summed E-state index contributed by atoms with van der Waals surface area (Å²) in [5.41, 5.74) is 0.935. The molecule has 0 saturated carbocycles. The fraction of sp³-hybridized carbons (Fsp3) is 0.536. The van der Waals surface area contributed by atoms with Gasteiger partial charge in [0.25, 0.3) is 5.91 Å². The van der Waals surface area contributed by atoms with E-state index in [4.69, 9.17) is 4.74 Å². The molecule has 3 rings (SSSR count). The second-order valence-electron chi connectivity index (χ2n) is 10.3. The molecule has 1 aromatic rings. The number of aliphatic hydroxyl groups excluding tert-OH is 1. The van der Waals surface area contributed by atoms with Gasteiger partial charge in [0.2, 0.25) is 5.91 Å². The van der Waals surface area contributed by atoms with Crippen molar-refractivity contribution in [3.8, 4) is 0 Å². The van der Waals surface area contributed by atoms with E-state index in [1.165, 1.54) is 17.2 Å². The number of esters is 1. The lowest BCUT2D eigenvalue weighted by Gasteiger charge is -2.29. The Kier molecular flexibility index (Phi) is 10.2. The zero-order valence-electron chi connectivity index (χ0n) is 22.5. The van der Waals surface area contributed by atoms with Crippen molar-refractivity contribution in [1.29, 1.82) is 0 Å². The normalized spacial score (nSPS) is 29.7. The maximum Gasteiger partial charge on any atom is 0.329 e. The van der Waals surface area contributed by atoms with Crippen molar-refractivity contribution < 1.29 is 29.0 Å². The Morgan fingerprint density at radius 3 is 2.68 bits per heavy atom. The summed E-state index contributed by atoms with van der Waals surface area (Å²) >= 11 is 0. The zero-order chi connectivity index (χ0) is 27.8. The number of nitrogens with zero attached hydrogens (tertiary/aromatic N) is 2. The number of aromatic nitrogens is 2. The fourth-order valence-corrected chi connectivity index (χ4v) is 4.76. The summed E-state index contributed by atoms with van der Waals surface area (Å²) in [6.45, 7) is 8.24. The van der Waals surface area contributed by atoms with Gasteiger partial charge in [-0.1, -0.05) is 50.6 Å². The smallest absolute Gasteiger partial charge is 0.329 e. The summed E-state index contributed by atoms with van der Waals surface area (Å²) in [7, 11) is 0. The van der Waals surface area contributed by atoms with Crippen LogP contribution in [0.25, 0.3) is 0 Å². The molecule has 1 saturated heterocycles. The lowest BCUT2D eigenvalue weighted by atomic mass is 9.94. The number of Topliss-reactive ketones (excluding diaryl/α,β-unsaturated/α-hetero) is 1. The van der Waals surface area contributed by atoms with Crippen LogP contribution in [0, 0.1) is 11.8 Å². The molecule has 2 amide bonds. The number of ketones is 1. The fourth-order valence-electron chi connectivity index (χ4n) is 4.76. The number of cyclic esters (lactones) is 1. The number of imidazole rings is 1. The average molecular weight is 527 g/mol. The number of fused-ring (bicyclic) bond motifs is 3. The number of allylic oxidation sites excluding steroid dienone is 2. The lowest BCUT2D eigenvalue weighted by molar-refractivity contribution is -0.158. The number of amides is 2. The number of rotatable bonds is 1. The molecule has 3 N–H and O–H groups in total. The number of hydrogen-bond donors (Lipinski definition) is 3. The molecule has 2 bridgehead atoms. The highest BCUT2D eigenvalue weighted by molar-refractivity contribution is 5.95. The van der Waals surface area contributed by atoms with Crippen LogP contribution in [0.15, 0.2) is 42.2 Å². The summed E-state index contributed by atoms with van der Waals surface area (Å²) in [4.78, 5) is 59.7. The topological polar surface area (TPSA) is 142 Å². The lowest BCUT2D eigenvalue weighted by Crippen LogP contribution is -2.44. The van der Waals surface area contributed by atoms with Gasteiger partial charge in [-0.3, -0.25) is 14.4 Å². The molecule has 38 heavy (non-hydrogen) atoms. The van der Waals surface area contributed by atoms with E-state index in [-0.39, 0.29) is 54.5 Å². The molecular formula is C28H38N4O6. The molecule has 10 heteroatoms. The number of hydrogen-bond acceptors (Lipinski definition) is 7. The van der Waals surface area contributed by atoms with Crippen LogP contribution in [0.3, 0.4) is 0 Å². The van der Waals surface area contributed by atoms with E-state index in [0.29, 0.717) is 25.2 Å². The van der Waals surface area contributed by atoms with Crippen LogP contribution >= 0.6 is 0 Å². The first-order valence-electron chi connectivity index (χ1n) is 13.1. The van der Waals surface area contributed by atoms with Gasteiger partial charge >= 0.3 is 5.97 Å². The van der Waals surface area contributed by atoms with Gasteiger partial charge in [0.1, 0.15) is 29.4 Å². The van der Waals surface area contributed by atoms with Crippen molar-refractivity contribution in [2.45, 2.75) is 71.6 Å². The second-order valence-corrected chi connectivity index (χ2v) is 10.3. The van der Waals surface area contributed by atoms with Gasteiger partial charge in [0.15, 0.2) is 0 Å². The van der Waals surface area contributed by atoms with Crippen molar-refractivity contribution in [3.05, 3.63) is 53.7 Å². The highest BCUT2D eigenvalue weighted by atomic mass is 16.5. The van der Waals surface area contributed by atoms with Crippen LogP contribution in [0.1, 0.15) is 63.3 Å². The SMILES string of the molecule is CC1=C\[C@@H](O)CC(=O)Cc2ncc([nH]2)C(=O)N2CCC[C@@H]2C(=O)O[C@H](C(C)C)[C@H](C)/C=C/C(=O)NC\C=C\1. The standard InChI is InChI=1S/C28H38N4O6/c1-17(2)26-19(4)9-10-25(35)29-11-5-7-18(3)13-20(33)14-21(34)15-24-30-16-22(31-24)27(36)32-12-6-8-23(32)28(37)38-26/h5,7,9-10,13,16-17,19-20,23,26,33H,6,8,11-12,14-15H2,1-4H3,(H,29,35)(H,30,31)/b7-5+,10-9+,18-13+/t19-,20-,23-,26-/m1/s1. The predicted molar refractivity (Wildman–Crippen MR) is 141 cm³/mol. The molecule has 0 spiro atoms. The first kappa shape index (κ1) is 29.0. The van der Waals surface area contributed by atoms with Gasteiger partial charge in [0, 0.05) is 25.4 Å². The summed E-state index contributed by atoms with van der Waals surface area (Å²) in [6, 6.07) is -0.727. The Morgan fingerprint density at radius 1 is 1.18 bits per heavy atom. The number of aromatic amines is 1. The molecular weight excluding hydrogens is 488 g/mol.